The van der Waals surface area contributed by atoms with Gasteiger partial charge < -0.3 is 9.64 Å². The lowest BCUT2D eigenvalue weighted by Gasteiger charge is -2.44. The van der Waals surface area contributed by atoms with E-state index < -0.39 is 5.60 Å². The number of hydrogen-bond acceptors (Lipinski definition) is 3. The van der Waals surface area contributed by atoms with Crippen molar-refractivity contribution in [3.63, 3.8) is 0 Å². The number of nitrogens with zero attached hydrogens (tertiary/aromatic N) is 4. The smallest absolute Gasteiger partial charge is 0.410 e. The number of ether oxygens (including phenoxy) is 1. The molecule has 6 nitrogen and oxygen atoms in total. The highest BCUT2D eigenvalue weighted by atomic mass is 16.6. The Morgan fingerprint density at radius 1 is 1.17 bits per heavy atom. The molecule has 2 aliphatic rings. The first-order valence-corrected chi connectivity index (χ1v) is 8.84. The van der Waals surface area contributed by atoms with Crippen LogP contribution in [0.2, 0.25) is 0 Å². The minimum atomic E-state index is -0.457. The minimum Gasteiger partial charge on any atom is -0.444 e. The number of carbonyl (C=O) groups is 1. The lowest BCUT2D eigenvalue weighted by atomic mass is 9.77. The summed E-state index contributed by atoms with van der Waals surface area (Å²) in [7, 11) is 0. The van der Waals surface area contributed by atoms with E-state index in [4.69, 9.17) is 10.3 Å². The van der Waals surface area contributed by atoms with E-state index in [1.807, 2.05) is 25.7 Å². The van der Waals surface area contributed by atoms with Gasteiger partial charge in [-0.1, -0.05) is 12.0 Å². The van der Waals surface area contributed by atoms with Crippen molar-refractivity contribution in [3.8, 4) is 0 Å². The zero-order chi connectivity index (χ0) is 17.0. The zero-order valence-corrected chi connectivity index (χ0v) is 14.9. The highest BCUT2D eigenvalue weighted by Gasteiger charge is 2.38. The van der Waals surface area contributed by atoms with Crippen LogP contribution in [0, 0.1) is 11.8 Å². The summed E-state index contributed by atoms with van der Waals surface area (Å²) in [6.45, 7) is 8.73. The van der Waals surface area contributed by atoms with Gasteiger partial charge in [0.2, 0.25) is 0 Å². The van der Waals surface area contributed by atoms with Crippen molar-refractivity contribution < 1.29 is 9.53 Å². The Labute approximate surface area is 139 Å². The van der Waals surface area contributed by atoms with E-state index in [-0.39, 0.29) is 18.2 Å². The molecule has 1 saturated carbocycles. The summed E-state index contributed by atoms with van der Waals surface area (Å²) in [6.07, 6.45) is 5.97. The van der Waals surface area contributed by atoms with Crippen LogP contribution in [0.3, 0.4) is 0 Å². The Balaban J connectivity index is 2.03. The minimum absolute atomic E-state index is 0.133. The van der Waals surface area contributed by atoms with Crippen LogP contribution in [0.1, 0.15) is 66.2 Å². The van der Waals surface area contributed by atoms with Crippen LogP contribution >= 0.6 is 0 Å². The highest BCUT2D eigenvalue weighted by molar-refractivity contribution is 5.68. The molecule has 6 heteroatoms. The maximum Gasteiger partial charge on any atom is 0.410 e. The molecule has 0 N–H and O–H groups in total. The van der Waals surface area contributed by atoms with Crippen molar-refractivity contribution >= 4 is 6.09 Å². The number of hydrogen-bond donors (Lipinski definition) is 0. The standard InChI is InChI=1S/C17H30N4O2/c1-12-5-10-15(13-6-8-14(9-7-13)19-20-18)21(11-12)16(22)23-17(2,3)4/h12-15H,5-11H2,1-4H3/t12-,13?,14?,15+/m1/s1. The molecule has 1 saturated heterocycles. The first-order valence-electron chi connectivity index (χ1n) is 8.84. The molecule has 1 amide bonds. The summed E-state index contributed by atoms with van der Waals surface area (Å²) in [4.78, 5) is 17.5. The predicted molar refractivity (Wildman–Crippen MR) is 90.0 cm³/mol. The van der Waals surface area contributed by atoms with Crippen LogP contribution in [0.15, 0.2) is 5.11 Å². The van der Waals surface area contributed by atoms with E-state index in [9.17, 15) is 4.79 Å². The van der Waals surface area contributed by atoms with Gasteiger partial charge >= 0.3 is 6.09 Å². The van der Waals surface area contributed by atoms with Crippen LogP contribution in [0.4, 0.5) is 4.79 Å². The van der Waals surface area contributed by atoms with E-state index >= 15 is 0 Å². The molecule has 0 aromatic carbocycles. The summed E-state index contributed by atoms with van der Waals surface area (Å²) in [5.41, 5.74) is 8.12. The van der Waals surface area contributed by atoms with Crippen LogP contribution in [0.25, 0.3) is 10.4 Å². The molecule has 0 bridgehead atoms. The lowest BCUT2D eigenvalue weighted by molar-refractivity contribution is -0.00908. The average Bonchev–Trinajstić information content (AvgIpc) is 2.47. The van der Waals surface area contributed by atoms with Gasteiger partial charge in [-0.05, 0) is 76.7 Å². The lowest BCUT2D eigenvalue weighted by Crippen LogP contribution is -2.52. The van der Waals surface area contributed by atoms with Gasteiger partial charge in [0.15, 0.2) is 0 Å². The second-order valence-corrected chi connectivity index (χ2v) is 8.16. The van der Waals surface area contributed by atoms with Crippen molar-refractivity contribution in [1.29, 1.82) is 0 Å². The third kappa shape index (κ3) is 5.03. The number of azide groups is 1. The summed E-state index contributed by atoms with van der Waals surface area (Å²) in [5, 5.41) is 3.85. The topological polar surface area (TPSA) is 78.3 Å². The van der Waals surface area contributed by atoms with Gasteiger partial charge in [0.1, 0.15) is 5.60 Å². The molecule has 1 aliphatic heterocycles. The Kier molecular flexibility index (Phi) is 5.79. The van der Waals surface area contributed by atoms with Gasteiger partial charge in [0.25, 0.3) is 0 Å². The number of amides is 1. The molecule has 0 aromatic rings. The number of rotatable bonds is 2. The Morgan fingerprint density at radius 3 is 2.39 bits per heavy atom. The molecule has 1 aliphatic carbocycles. The molecular weight excluding hydrogens is 292 g/mol. The summed E-state index contributed by atoms with van der Waals surface area (Å²) >= 11 is 0. The van der Waals surface area contributed by atoms with Gasteiger partial charge in [-0.25, -0.2) is 4.79 Å². The fraction of sp³-hybridized carbons (Fsp3) is 0.941. The molecule has 0 spiro atoms. The van der Waals surface area contributed by atoms with Crippen molar-refractivity contribution in [3.05, 3.63) is 10.4 Å². The number of piperidine rings is 1. The molecule has 0 unspecified atom stereocenters. The van der Waals surface area contributed by atoms with Crippen molar-refractivity contribution in [2.75, 3.05) is 6.54 Å². The van der Waals surface area contributed by atoms with Crippen LogP contribution < -0.4 is 0 Å². The van der Waals surface area contributed by atoms with Gasteiger partial charge in [-0.3, -0.25) is 0 Å². The van der Waals surface area contributed by atoms with Crippen molar-refractivity contribution in [2.24, 2.45) is 17.0 Å². The largest absolute Gasteiger partial charge is 0.444 e. The van der Waals surface area contributed by atoms with Gasteiger partial charge in [-0.15, -0.1) is 0 Å². The fourth-order valence-electron chi connectivity index (χ4n) is 3.87. The highest BCUT2D eigenvalue weighted by Crippen LogP contribution is 2.36. The average molecular weight is 322 g/mol. The Hall–Kier alpha value is -1.42. The maximum absolute atomic E-state index is 12.6. The SMILES string of the molecule is C[C@@H]1CC[C@@H](C2CCC(N=[N+]=[N-])CC2)N(C(=O)OC(C)(C)C)C1. The predicted octanol–water partition coefficient (Wildman–Crippen LogP) is 4.89. The molecule has 2 atom stereocenters. The first kappa shape index (κ1) is 17.9. The second-order valence-electron chi connectivity index (χ2n) is 8.16. The van der Waals surface area contributed by atoms with Gasteiger partial charge in [0, 0.05) is 23.5 Å². The molecule has 23 heavy (non-hydrogen) atoms. The monoisotopic (exact) mass is 322 g/mol. The number of likely N-dealkylation sites (tertiary alicyclic amines) is 1. The van der Waals surface area contributed by atoms with Gasteiger partial charge in [0.05, 0.1) is 0 Å². The van der Waals surface area contributed by atoms with Crippen LogP contribution in [0.5, 0.6) is 0 Å². The summed E-state index contributed by atoms with van der Waals surface area (Å²) < 4.78 is 5.63. The zero-order valence-electron chi connectivity index (χ0n) is 14.9. The Morgan fingerprint density at radius 2 is 1.83 bits per heavy atom. The molecule has 0 aromatic heterocycles. The van der Waals surface area contributed by atoms with E-state index in [2.05, 4.69) is 16.9 Å². The van der Waals surface area contributed by atoms with E-state index in [0.717, 1.165) is 38.6 Å². The third-order valence-electron chi connectivity index (χ3n) is 4.99. The number of carbonyl (C=O) groups excluding carboxylic acids is 1. The molecule has 0 radical (unpaired) electrons. The second kappa shape index (κ2) is 7.43. The summed E-state index contributed by atoms with van der Waals surface area (Å²) in [5.74, 6) is 1.03. The molecule has 1 heterocycles. The van der Waals surface area contributed by atoms with Crippen LogP contribution in [-0.2, 0) is 4.74 Å². The molecule has 2 rings (SSSR count). The molecule has 130 valence electrons. The normalized spacial score (nSPS) is 32.1. The Bertz CT molecular complexity index is 460. The van der Waals surface area contributed by atoms with Crippen molar-refractivity contribution in [1.82, 2.24) is 4.90 Å². The van der Waals surface area contributed by atoms with Crippen molar-refractivity contribution in [2.45, 2.75) is 83.9 Å². The molecular formula is C17H30N4O2. The fourth-order valence-corrected chi connectivity index (χ4v) is 3.87. The first-order chi connectivity index (χ1) is 10.8. The van der Waals surface area contributed by atoms with Crippen LogP contribution in [-0.4, -0.2) is 35.2 Å². The quantitative estimate of drug-likeness (QED) is 0.412. The summed E-state index contributed by atoms with van der Waals surface area (Å²) in [6, 6.07) is 0.404. The van der Waals surface area contributed by atoms with Gasteiger partial charge in [-0.2, -0.15) is 0 Å². The van der Waals surface area contributed by atoms with E-state index in [1.165, 1.54) is 6.42 Å². The van der Waals surface area contributed by atoms with E-state index in [0.29, 0.717) is 11.8 Å². The molecule has 2 fully saturated rings. The maximum atomic E-state index is 12.6. The van der Waals surface area contributed by atoms with E-state index in [1.54, 1.807) is 0 Å². The third-order valence-corrected chi connectivity index (χ3v) is 4.99.